The molecular formula is C30H38N4O5. The maximum Gasteiger partial charge on any atom is 0.262 e. The van der Waals surface area contributed by atoms with E-state index < -0.39 is 23.8 Å². The van der Waals surface area contributed by atoms with E-state index in [9.17, 15) is 19.2 Å². The zero-order valence-electron chi connectivity index (χ0n) is 22.6. The summed E-state index contributed by atoms with van der Waals surface area (Å²) >= 11 is 0. The smallest absolute Gasteiger partial charge is 0.262 e. The Hall–Kier alpha value is -2.78. The highest BCUT2D eigenvalue weighted by molar-refractivity contribution is 6.23. The second-order valence-electron chi connectivity index (χ2n) is 12.9. The number of carbonyl (C=O) groups is 4. The molecule has 1 aromatic carbocycles. The Bertz CT molecular complexity index is 1220. The molecule has 9 nitrogen and oxygen atoms in total. The molecule has 0 bridgehead atoms. The van der Waals surface area contributed by atoms with E-state index >= 15 is 0 Å². The van der Waals surface area contributed by atoms with E-state index in [0.29, 0.717) is 29.4 Å². The van der Waals surface area contributed by atoms with Crippen molar-refractivity contribution in [3.05, 3.63) is 28.8 Å². The number of amides is 4. The van der Waals surface area contributed by atoms with Gasteiger partial charge in [-0.2, -0.15) is 0 Å². The van der Waals surface area contributed by atoms with Gasteiger partial charge in [0.2, 0.25) is 11.8 Å². The topological polar surface area (TPSA) is 108 Å². The van der Waals surface area contributed by atoms with Crippen molar-refractivity contribution in [3.8, 4) is 5.75 Å². The van der Waals surface area contributed by atoms with Crippen LogP contribution in [0, 0.1) is 10.8 Å². The molecule has 4 amide bonds. The van der Waals surface area contributed by atoms with Gasteiger partial charge in [0, 0.05) is 17.9 Å². The Morgan fingerprint density at radius 1 is 0.821 bits per heavy atom. The van der Waals surface area contributed by atoms with Crippen molar-refractivity contribution < 1.29 is 23.9 Å². The summed E-state index contributed by atoms with van der Waals surface area (Å²) in [5.74, 6) is -1.22. The molecule has 6 aliphatic rings. The predicted octanol–water partition coefficient (Wildman–Crippen LogP) is 2.42. The van der Waals surface area contributed by atoms with Gasteiger partial charge in [-0.05, 0) is 113 Å². The summed E-state index contributed by atoms with van der Waals surface area (Å²) in [5, 5.41) is 5.78. The van der Waals surface area contributed by atoms with Gasteiger partial charge in [-0.15, -0.1) is 0 Å². The molecule has 3 saturated heterocycles. The number of fused-ring (bicyclic) bond motifs is 2. The van der Waals surface area contributed by atoms with Crippen LogP contribution in [0.15, 0.2) is 12.1 Å². The van der Waals surface area contributed by atoms with Crippen molar-refractivity contribution in [2.45, 2.75) is 82.7 Å². The van der Waals surface area contributed by atoms with Gasteiger partial charge in [0.1, 0.15) is 11.8 Å². The van der Waals surface area contributed by atoms with Crippen LogP contribution in [0.25, 0.3) is 0 Å². The van der Waals surface area contributed by atoms with E-state index in [0.717, 1.165) is 42.8 Å². The number of benzene rings is 1. The standard InChI is InChI=1S/C30H38N4O5/c35-25-2-1-23(26(36)32-25)34-27(37)21-15-19-17-30(18-39-24(19)16-22(21)28(34)38)9-13-33(14-10-30)20-3-5-29(6-4-20)7-11-31-12-8-29/h15-16,20,23,31H,1-14,17-18H2,(H,32,35,36). The fraction of sp³-hybridized carbons (Fsp3) is 0.667. The summed E-state index contributed by atoms with van der Waals surface area (Å²) in [6.07, 6.45) is 11.3. The first-order valence-electron chi connectivity index (χ1n) is 14.8. The number of hydrogen-bond donors (Lipinski definition) is 2. The summed E-state index contributed by atoms with van der Waals surface area (Å²) in [6.45, 7) is 5.16. The van der Waals surface area contributed by atoms with Gasteiger partial charge in [-0.25, -0.2) is 0 Å². The van der Waals surface area contributed by atoms with Crippen molar-refractivity contribution in [2.24, 2.45) is 10.8 Å². The van der Waals surface area contributed by atoms with Crippen LogP contribution < -0.4 is 15.4 Å². The van der Waals surface area contributed by atoms with Crippen LogP contribution in [0.2, 0.25) is 0 Å². The number of nitrogens with one attached hydrogen (secondary N) is 2. The lowest BCUT2D eigenvalue weighted by atomic mass is 9.66. The molecule has 0 radical (unpaired) electrons. The zero-order chi connectivity index (χ0) is 26.8. The fourth-order valence-electron chi connectivity index (χ4n) is 8.22. The third kappa shape index (κ3) is 4.29. The molecule has 39 heavy (non-hydrogen) atoms. The number of hydrogen-bond acceptors (Lipinski definition) is 7. The highest BCUT2D eigenvalue weighted by Crippen LogP contribution is 2.47. The van der Waals surface area contributed by atoms with Gasteiger partial charge in [0.15, 0.2) is 0 Å². The Morgan fingerprint density at radius 3 is 2.21 bits per heavy atom. The van der Waals surface area contributed by atoms with Crippen molar-refractivity contribution in [3.63, 3.8) is 0 Å². The zero-order valence-corrected chi connectivity index (χ0v) is 22.6. The molecule has 2 N–H and O–H groups in total. The monoisotopic (exact) mass is 534 g/mol. The predicted molar refractivity (Wildman–Crippen MR) is 142 cm³/mol. The highest BCUT2D eigenvalue weighted by Gasteiger charge is 2.47. The molecule has 1 aromatic rings. The molecule has 0 aromatic heterocycles. The lowest BCUT2D eigenvalue weighted by Gasteiger charge is -2.50. The van der Waals surface area contributed by atoms with E-state index in [1.807, 2.05) is 6.07 Å². The van der Waals surface area contributed by atoms with Gasteiger partial charge in [0.05, 0.1) is 17.7 Å². The van der Waals surface area contributed by atoms with Crippen LogP contribution in [-0.4, -0.2) is 78.3 Å². The molecule has 7 rings (SSSR count). The number of rotatable bonds is 2. The maximum absolute atomic E-state index is 13.3. The molecule has 208 valence electrons. The van der Waals surface area contributed by atoms with E-state index in [2.05, 4.69) is 15.5 Å². The molecule has 9 heteroatoms. The molecule has 4 fully saturated rings. The van der Waals surface area contributed by atoms with Gasteiger partial charge < -0.3 is 15.0 Å². The second kappa shape index (κ2) is 9.41. The Morgan fingerprint density at radius 2 is 1.51 bits per heavy atom. The van der Waals surface area contributed by atoms with Crippen LogP contribution >= 0.6 is 0 Å². The van der Waals surface area contributed by atoms with E-state index in [1.54, 1.807) is 6.07 Å². The fourth-order valence-corrected chi connectivity index (χ4v) is 8.22. The lowest BCUT2D eigenvalue weighted by molar-refractivity contribution is -0.136. The molecule has 1 atom stereocenters. The molecule has 1 unspecified atom stereocenters. The van der Waals surface area contributed by atoms with Gasteiger partial charge in [-0.1, -0.05) is 0 Å². The minimum Gasteiger partial charge on any atom is -0.493 e. The third-order valence-corrected chi connectivity index (χ3v) is 10.8. The van der Waals surface area contributed by atoms with E-state index in [-0.39, 0.29) is 29.7 Å². The maximum atomic E-state index is 13.3. The highest BCUT2D eigenvalue weighted by atomic mass is 16.5. The first-order valence-corrected chi connectivity index (χ1v) is 14.8. The van der Waals surface area contributed by atoms with Crippen LogP contribution in [-0.2, 0) is 16.0 Å². The van der Waals surface area contributed by atoms with Crippen LogP contribution in [0.1, 0.15) is 90.5 Å². The average Bonchev–Trinajstić information content (AvgIpc) is 3.18. The van der Waals surface area contributed by atoms with Crippen molar-refractivity contribution >= 4 is 23.6 Å². The van der Waals surface area contributed by atoms with Crippen molar-refractivity contribution in [2.75, 3.05) is 32.8 Å². The largest absolute Gasteiger partial charge is 0.493 e. The molecule has 1 aliphatic carbocycles. The molecule has 2 spiro atoms. The Labute approximate surface area is 229 Å². The summed E-state index contributed by atoms with van der Waals surface area (Å²) in [7, 11) is 0. The normalized spacial score (nSPS) is 28.8. The van der Waals surface area contributed by atoms with E-state index in [1.165, 1.54) is 51.6 Å². The minimum absolute atomic E-state index is 0.0532. The number of likely N-dealkylation sites (tertiary alicyclic amines) is 1. The minimum atomic E-state index is -0.951. The first kappa shape index (κ1) is 25.2. The molecule has 5 aliphatic heterocycles. The summed E-state index contributed by atoms with van der Waals surface area (Å²) in [6, 6.07) is 3.26. The molecule has 5 heterocycles. The van der Waals surface area contributed by atoms with Gasteiger partial charge in [-0.3, -0.25) is 29.4 Å². The van der Waals surface area contributed by atoms with E-state index in [4.69, 9.17) is 4.74 Å². The summed E-state index contributed by atoms with van der Waals surface area (Å²) in [4.78, 5) is 54.2. The van der Waals surface area contributed by atoms with Gasteiger partial charge in [0.25, 0.3) is 11.8 Å². The number of imide groups is 2. The number of carbonyl (C=O) groups excluding carboxylic acids is 4. The van der Waals surface area contributed by atoms with Crippen LogP contribution in [0.4, 0.5) is 0 Å². The number of ether oxygens (including phenoxy) is 1. The molecule has 1 saturated carbocycles. The Balaban J connectivity index is 1.02. The summed E-state index contributed by atoms with van der Waals surface area (Å²) < 4.78 is 6.27. The Kier molecular flexibility index (Phi) is 6.08. The second-order valence-corrected chi connectivity index (χ2v) is 12.9. The van der Waals surface area contributed by atoms with Crippen LogP contribution in [0.5, 0.6) is 5.75 Å². The molecular weight excluding hydrogens is 496 g/mol. The number of piperidine rings is 3. The average molecular weight is 535 g/mol. The first-order chi connectivity index (χ1) is 18.9. The van der Waals surface area contributed by atoms with Gasteiger partial charge >= 0.3 is 0 Å². The summed E-state index contributed by atoms with van der Waals surface area (Å²) in [5.41, 5.74) is 2.25. The SMILES string of the molecule is O=C1CCC(N2C(=O)c3cc4c(cc3C2=O)OCC2(CCN(C3CCC5(CCNCC5)CC3)CC2)C4)C(=O)N1. The number of nitrogens with zero attached hydrogens (tertiary/aromatic N) is 2. The van der Waals surface area contributed by atoms with Crippen molar-refractivity contribution in [1.29, 1.82) is 0 Å². The van der Waals surface area contributed by atoms with Crippen molar-refractivity contribution in [1.82, 2.24) is 20.4 Å². The third-order valence-electron chi connectivity index (χ3n) is 10.8. The quantitative estimate of drug-likeness (QED) is 0.561. The lowest BCUT2D eigenvalue weighted by Crippen LogP contribution is -2.54. The van der Waals surface area contributed by atoms with Crippen LogP contribution in [0.3, 0.4) is 0 Å².